The van der Waals surface area contributed by atoms with E-state index in [2.05, 4.69) is 343 Å². The van der Waals surface area contributed by atoms with E-state index in [1.807, 2.05) is 0 Å². The zero-order valence-electron chi connectivity index (χ0n) is 52.8. The van der Waals surface area contributed by atoms with E-state index in [4.69, 9.17) is 0 Å². The van der Waals surface area contributed by atoms with Crippen molar-refractivity contribution in [2.75, 3.05) is 33.7 Å². The van der Waals surface area contributed by atoms with Crippen molar-refractivity contribution in [1.82, 2.24) is 0 Å². The van der Waals surface area contributed by atoms with Crippen LogP contribution < -0.4 is 19.6 Å². The van der Waals surface area contributed by atoms with Crippen LogP contribution in [0.3, 0.4) is 0 Å². The van der Waals surface area contributed by atoms with Crippen molar-refractivity contribution < 1.29 is 0 Å². The van der Waals surface area contributed by atoms with Gasteiger partial charge in [-0.3, -0.25) is 0 Å². The molecule has 3 unspecified atom stereocenters. The van der Waals surface area contributed by atoms with Gasteiger partial charge in [0, 0.05) is 31.2 Å². The minimum absolute atomic E-state index is 0.174. The average molecular weight is 1210 g/mol. The average Bonchev–Trinajstić information content (AvgIpc) is 1.47. The fourth-order valence-electron chi connectivity index (χ4n) is 18.0. The molecule has 0 fully saturated rings. The molecule has 448 valence electrons. The van der Waals surface area contributed by atoms with Gasteiger partial charge in [-0.25, -0.2) is 0 Å². The number of rotatable bonds is 8. The topological polar surface area (TPSA) is 13.0 Å². The minimum Gasteiger partial charge on any atom is -0.345 e. The van der Waals surface area contributed by atoms with E-state index >= 15 is 0 Å². The van der Waals surface area contributed by atoms with Crippen molar-refractivity contribution in [3.05, 3.63) is 360 Å². The molecule has 2 heterocycles. The van der Waals surface area contributed by atoms with Crippen molar-refractivity contribution in [3.63, 3.8) is 0 Å². The van der Waals surface area contributed by atoms with E-state index in [0.717, 1.165) is 66.2 Å². The maximum Gasteiger partial charge on any atom is 0.0710 e. The molecule has 94 heavy (non-hydrogen) atoms. The first-order valence-electron chi connectivity index (χ1n) is 33.6. The van der Waals surface area contributed by atoms with Crippen molar-refractivity contribution in [2.45, 2.75) is 42.9 Å². The Bertz CT molecular complexity index is 5320. The molecule has 3 atom stereocenters. The molecule has 0 spiro atoms. The fraction of sp³-hybridized carbons (Fsp3) is 0.111. The van der Waals surface area contributed by atoms with Gasteiger partial charge < -0.3 is 19.6 Å². The van der Waals surface area contributed by atoms with Crippen LogP contribution in [0.15, 0.2) is 326 Å². The number of hydrogen-bond donors (Lipinski definition) is 0. The third-order valence-electron chi connectivity index (χ3n) is 21.9. The quantitative estimate of drug-likeness (QED) is 0.141. The Labute approximate surface area is 550 Å². The molecular weight excluding hydrogens is 1140 g/mol. The molecular formula is C90H68N4. The van der Waals surface area contributed by atoms with E-state index in [-0.39, 0.29) is 5.92 Å². The van der Waals surface area contributed by atoms with E-state index in [1.54, 1.807) is 0 Å². The summed E-state index contributed by atoms with van der Waals surface area (Å²) in [7, 11) is 4.45. The Kier molecular flexibility index (Phi) is 12.3. The van der Waals surface area contributed by atoms with E-state index < -0.39 is 10.8 Å². The molecule has 0 amide bonds. The first-order chi connectivity index (χ1) is 46.5. The van der Waals surface area contributed by atoms with Gasteiger partial charge in [0.15, 0.2) is 0 Å². The Balaban J connectivity index is 0.952. The van der Waals surface area contributed by atoms with Crippen molar-refractivity contribution in [2.24, 2.45) is 5.92 Å². The summed E-state index contributed by atoms with van der Waals surface area (Å²) >= 11 is 0. The maximum atomic E-state index is 2.62. The lowest BCUT2D eigenvalue weighted by Gasteiger charge is -2.41. The predicted octanol–water partition coefficient (Wildman–Crippen LogP) is 23.1. The van der Waals surface area contributed by atoms with Crippen LogP contribution in [0.2, 0.25) is 0 Å². The first kappa shape index (κ1) is 54.5. The number of para-hydroxylation sites is 6. The van der Waals surface area contributed by atoms with Gasteiger partial charge in [-0.15, -0.1) is 0 Å². The van der Waals surface area contributed by atoms with Crippen LogP contribution in [-0.4, -0.2) is 14.1 Å². The molecule has 0 aromatic heterocycles. The number of anilines is 8. The molecule has 5 aliphatic carbocycles. The minimum atomic E-state index is -0.553. The molecule has 4 heteroatoms. The number of benzene rings is 12. The van der Waals surface area contributed by atoms with Crippen LogP contribution in [0.5, 0.6) is 0 Å². The highest BCUT2D eigenvalue weighted by Gasteiger charge is 2.50. The second-order valence-electron chi connectivity index (χ2n) is 26.4. The van der Waals surface area contributed by atoms with Gasteiger partial charge in [0.2, 0.25) is 0 Å². The van der Waals surface area contributed by atoms with Gasteiger partial charge in [0.1, 0.15) is 0 Å². The molecule has 19 rings (SSSR count). The highest BCUT2D eigenvalue weighted by atomic mass is 15.3. The van der Waals surface area contributed by atoms with Crippen LogP contribution >= 0.6 is 0 Å². The highest BCUT2D eigenvalue weighted by Crippen LogP contribution is 2.62. The normalized spacial score (nSPS) is 19.3. The zero-order chi connectivity index (χ0) is 62.2. The lowest BCUT2D eigenvalue weighted by Crippen LogP contribution is -2.35. The summed E-state index contributed by atoms with van der Waals surface area (Å²) in [6, 6.07) is 97.9. The summed E-state index contributed by atoms with van der Waals surface area (Å²) in [5.74, 6) is 0.174. The van der Waals surface area contributed by atoms with Crippen LogP contribution in [0.4, 0.5) is 45.5 Å². The Hall–Kier alpha value is -11.2. The summed E-state index contributed by atoms with van der Waals surface area (Å²) in [6.07, 6.45) is 26.4. The van der Waals surface area contributed by atoms with Crippen molar-refractivity contribution in [3.8, 4) is 44.5 Å². The molecule has 0 bridgehead atoms. The Morgan fingerprint density at radius 2 is 0.894 bits per heavy atom. The Morgan fingerprint density at radius 1 is 0.372 bits per heavy atom. The number of nitrogens with zero attached hydrogens (tertiary/aromatic N) is 4. The van der Waals surface area contributed by atoms with Crippen LogP contribution in [0.1, 0.15) is 65.5 Å². The second-order valence-corrected chi connectivity index (χ2v) is 26.4. The number of allylic oxidation sites excluding steroid dienone is 11. The van der Waals surface area contributed by atoms with E-state index in [1.165, 1.54) is 128 Å². The lowest BCUT2D eigenvalue weighted by atomic mass is 9.62. The lowest BCUT2D eigenvalue weighted by molar-refractivity contribution is 0.457. The molecule has 12 aromatic carbocycles. The summed E-state index contributed by atoms with van der Waals surface area (Å²) in [4.78, 5) is 9.82. The molecule has 7 aliphatic rings. The molecule has 0 radical (unpaired) electrons. The molecule has 0 saturated carbocycles. The van der Waals surface area contributed by atoms with Gasteiger partial charge in [-0.2, -0.15) is 0 Å². The van der Waals surface area contributed by atoms with E-state index in [9.17, 15) is 0 Å². The summed E-state index contributed by atoms with van der Waals surface area (Å²) in [6.45, 7) is 0. The fourth-order valence-corrected chi connectivity index (χ4v) is 18.0. The van der Waals surface area contributed by atoms with Gasteiger partial charge >= 0.3 is 0 Å². The van der Waals surface area contributed by atoms with Crippen LogP contribution in [0.25, 0.3) is 66.1 Å². The Morgan fingerprint density at radius 3 is 1.52 bits per heavy atom. The van der Waals surface area contributed by atoms with Gasteiger partial charge in [-0.05, 0) is 222 Å². The third kappa shape index (κ3) is 7.68. The molecule has 0 N–H and O–H groups in total. The van der Waals surface area contributed by atoms with Crippen molar-refractivity contribution >= 4 is 67.0 Å². The summed E-state index contributed by atoms with van der Waals surface area (Å²) in [5.41, 5.74) is 30.1. The second kappa shape index (κ2) is 21.2. The van der Waals surface area contributed by atoms with E-state index in [0.29, 0.717) is 0 Å². The van der Waals surface area contributed by atoms with Gasteiger partial charge in [-0.1, -0.05) is 231 Å². The smallest absolute Gasteiger partial charge is 0.0710 e. The van der Waals surface area contributed by atoms with Gasteiger partial charge in [0.25, 0.3) is 0 Å². The molecule has 12 aromatic rings. The van der Waals surface area contributed by atoms with Crippen LogP contribution in [-0.2, 0) is 10.8 Å². The summed E-state index contributed by atoms with van der Waals surface area (Å²) in [5, 5.41) is 4.81. The van der Waals surface area contributed by atoms with Crippen LogP contribution in [0, 0.1) is 5.92 Å². The molecule has 2 aliphatic heterocycles. The molecule has 0 saturated heterocycles. The first-order valence-corrected chi connectivity index (χ1v) is 33.6. The zero-order valence-corrected chi connectivity index (χ0v) is 52.8. The maximum absolute atomic E-state index is 2.62. The standard InChI is InChI=1S/C90H68N4/c1-91-79-39-19-23-43-83(79)93(84-44-24-20-40-80(84)91)65-49-53-71-73(57-65)87(59-47-51-69-67-35-15-17-37-75(67)89(77(69)55-59,61-27-7-3-8-28-61)62-29-9-4-10-30-62)72-54-50-66(94-85-45-25-21-41-81(85)92(2)82-42-22-26-46-86(82)94)58-74(72)88(71)60-48-52-70-68-36-16-18-38-76(68)90(78(70)56-60,63-31-11-5-12-32-63)64-33-13-6-14-34-64/h3-5,7-13,15-21,23-29,31-41,43-58,62H,6,14,22,30,42H2,1-2H3. The molecule has 4 nitrogen and oxygen atoms in total. The SMILES string of the molecule is CN1C2=C(C=CCC2)N(c2ccc3c(-c4ccc5c(c4)C(c4ccccc4)(C4C=CC=CC4)c4ccccc4-5)c4cc(N5c6ccccc6N(C)c6ccccc65)ccc4c(-c4ccc5c(c4)C(C4=CCCC=C4)(c4ccccc4)c4ccccc4-5)c3c2)c2ccccc21. The third-order valence-corrected chi connectivity index (χ3v) is 21.9. The predicted molar refractivity (Wildman–Crippen MR) is 394 cm³/mol. The monoisotopic (exact) mass is 1200 g/mol. The number of hydrogen-bond acceptors (Lipinski definition) is 4. The summed E-state index contributed by atoms with van der Waals surface area (Å²) < 4.78 is 0. The van der Waals surface area contributed by atoms with Crippen molar-refractivity contribution in [1.29, 1.82) is 0 Å². The van der Waals surface area contributed by atoms with Gasteiger partial charge in [0.05, 0.1) is 50.7 Å². The number of fused-ring (bicyclic) bond motifs is 11. The largest absolute Gasteiger partial charge is 0.345 e. The highest BCUT2D eigenvalue weighted by molar-refractivity contribution is 6.23.